The average Bonchev–Trinajstić information content (AvgIpc) is 3.06. The number of thiophene rings is 1. The van der Waals surface area contributed by atoms with E-state index in [1.54, 1.807) is 29.5 Å². The van der Waals surface area contributed by atoms with Crippen molar-refractivity contribution in [2.75, 3.05) is 5.73 Å². The van der Waals surface area contributed by atoms with Crippen LogP contribution in [-0.2, 0) is 6.42 Å². The number of aryl methyl sites for hydroxylation is 1. The van der Waals surface area contributed by atoms with Crippen molar-refractivity contribution in [2.45, 2.75) is 13.3 Å². The Bertz CT molecular complexity index is 775. The van der Waals surface area contributed by atoms with Gasteiger partial charge in [-0.1, -0.05) is 41.3 Å². The topological polar surface area (TPSA) is 52.0 Å². The van der Waals surface area contributed by atoms with E-state index >= 15 is 0 Å². The first kappa shape index (κ1) is 14.4. The Kier molecular flexibility index (Phi) is 3.93. The van der Waals surface area contributed by atoms with Gasteiger partial charge in [0.1, 0.15) is 5.69 Å². The third-order valence-corrected chi connectivity index (χ3v) is 5.04. The zero-order valence-electron chi connectivity index (χ0n) is 11.2. The molecule has 2 aromatic heterocycles. The number of rotatable bonds is 3. The molecule has 3 rings (SSSR count). The van der Waals surface area contributed by atoms with Crippen molar-refractivity contribution in [1.29, 1.82) is 0 Å². The van der Waals surface area contributed by atoms with Gasteiger partial charge < -0.3 is 10.3 Å². The van der Waals surface area contributed by atoms with Crippen LogP contribution in [0.4, 0.5) is 5.88 Å². The van der Waals surface area contributed by atoms with Crippen molar-refractivity contribution in [3.8, 4) is 21.7 Å². The molecular formula is C15H12Cl2N2OS. The van der Waals surface area contributed by atoms with Gasteiger partial charge in [0, 0.05) is 10.4 Å². The number of nitrogen functional groups attached to an aromatic ring is 1. The molecule has 0 amide bonds. The summed E-state index contributed by atoms with van der Waals surface area (Å²) in [5.74, 6) is 0.214. The Morgan fingerprint density at radius 1 is 1.14 bits per heavy atom. The first-order valence-electron chi connectivity index (χ1n) is 6.40. The van der Waals surface area contributed by atoms with Crippen LogP contribution >= 0.6 is 34.5 Å². The average molecular weight is 339 g/mol. The molecule has 0 saturated carbocycles. The standard InChI is InChI=1S/C15H12Cl2N2OS/c1-2-8-6-7-11(21-8)14-13(15(18)20-19-14)12-9(16)4-3-5-10(12)17/h3-7H,2,18H2,1H3. The summed E-state index contributed by atoms with van der Waals surface area (Å²) in [4.78, 5) is 2.25. The molecule has 1 aromatic carbocycles. The monoisotopic (exact) mass is 338 g/mol. The Hall–Kier alpha value is -1.49. The molecule has 6 heteroatoms. The molecule has 0 aliphatic carbocycles. The minimum atomic E-state index is 0.214. The fourth-order valence-electron chi connectivity index (χ4n) is 2.14. The molecule has 3 aromatic rings. The molecule has 0 saturated heterocycles. The van der Waals surface area contributed by atoms with E-state index in [2.05, 4.69) is 18.1 Å². The molecule has 0 unspecified atom stereocenters. The van der Waals surface area contributed by atoms with E-state index < -0.39 is 0 Å². The van der Waals surface area contributed by atoms with Crippen LogP contribution < -0.4 is 5.73 Å². The van der Waals surface area contributed by atoms with Crippen molar-refractivity contribution >= 4 is 40.4 Å². The Balaban J connectivity index is 2.22. The highest BCUT2D eigenvalue weighted by molar-refractivity contribution is 7.15. The lowest BCUT2D eigenvalue weighted by Gasteiger charge is -2.06. The van der Waals surface area contributed by atoms with E-state index in [4.69, 9.17) is 33.5 Å². The van der Waals surface area contributed by atoms with Crippen LogP contribution in [0.1, 0.15) is 11.8 Å². The van der Waals surface area contributed by atoms with Crippen molar-refractivity contribution in [1.82, 2.24) is 5.16 Å². The van der Waals surface area contributed by atoms with Crippen molar-refractivity contribution in [3.05, 3.63) is 45.3 Å². The highest BCUT2D eigenvalue weighted by Gasteiger charge is 2.22. The van der Waals surface area contributed by atoms with Gasteiger partial charge in [0.2, 0.25) is 5.88 Å². The van der Waals surface area contributed by atoms with Gasteiger partial charge >= 0.3 is 0 Å². The first-order chi connectivity index (χ1) is 10.1. The van der Waals surface area contributed by atoms with Crippen LogP contribution in [0.5, 0.6) is 0 Å². The van der Waals surface area contributed by atoms with Crippen LogP contribution in [0.15, 0.2) is 34.9 Å². The second-order valence-corrected chi connectivity index (χ2v) is 6.47. The molecule has 0 aliphatic heterocycles. The van der Waals surface area contributed by atoms with Crippen molar-refractivity contribution in [2.24, 2.45) is 0 Å². The molecule has 0 fully saturated rings. The van der Waals surface area contributed by atoms with Gasteiger partial charge in [-0.2, -0.15) is 0 Å². The molecule has 3 nitrogen and oxygen atoms in total. The molecule has 0 radical (unpaired) electrons. The lowest BCUT2D eigenvalue weighted by atomic mass is 10.0. The molecule has 2 heterocycles. The van der Waals surface area contributed by atoms with Gasteiger partial charge in [-0.05, 0) is 30.7 Å². The molecule has 0 spiro atoms. The third-order valence-electron chi connectivity index (χ3n) is 3.17. The third kappa shape index (κ3) is 2.55. The highest BCUT2D eigenvalue weighted by atomic mass is 35.5. The Morgan fingerprint density at radius 3 is 2.48 bits per heavy atom. The number of hydrogen-bond acceptors (Lipinski definition) is 4. The van der Waals surface area contributed by atoms with Gasteiger partial charge in [0.25, 0.3) is 0 Å². The number of halogens is 2. The van der Waals surface area contributed by atoms with E-state index in [0.717, 1.165) is 11.3 Å². The van der Waals surface area contributed by atoms with Gasteiger partial charge in [0.15, 0.2) is 0 Å². The largest absolute Gasteiger partial charge is 0.367 e. The number of nitrogens with zero attached hydrogens (tertiary/aromatic N) is 1. The van der Waals surface area contributed by atoms with E-state index in [9.17, 15) is 0 Å². The smallest absolute Gasteiger partial charge is 0.230 e. The van der Waals surface area contributed by atoms with E-state index in [0.29, 0.717) is 26.9 Å². The SMILES string of the molecule is CCc1ccc(-c2noc(N)c2-c2c(Cl)cccc2Cl)s1. The second-order valence-electron chi connectivity index (χ2n) is 4.49. The van der Waals surface area contributed by atoms with Crippen LogP contribution in [0.25, 0.3) is 21.7 Å². The molecule has 2 N–H and O–H groups in total. The predicted octanol–water partition coefficient (Wildman–Crippen LogP) is 5.52. The quantitative estimate of drug-likeness (QED) is 0.683. The van der Waals surface area contributed by atoms with Crippen LogP contribution in [0.2, 0.25) is 10.0 Å². The van der Waals surface area contributed by atoms with Gasteiger partial charge in [-0.3, -0.25) is 0 Å². The lowest BCUT2D eigenvalue weighted by Crippen LogP contribution is -1.89. The van der Waals surface area contributed by atoms with E-state index in [-0.39, 0.29) is 5.88 Å². The summed E-state index contributed by atoms with van der Waals surface area (Å²) >= 11 is 14.2. The zero-order chi connectivity index (χ0) is 15.0. The first-order valence-corrected chi connectivity index (χ1v) is 7.97. The zero-order valence-corrected chi connectivity index (χ0v) is 13.5. The molecule has 0 bridgehead atoms. The fourth-order valence-corrected chi connectivity index (χ4v) is 3.67. The van der Waals surface area contributed by atoms with Gasteiger partial charge in [0.05, 0.1) is 20.5 Å². The Labute approximate surface area is 136 Å². The maximum atomic E-state index is 6.28. The number of anilines is 1. The molecule has 0 aliphatic rings. The van der Waals surface area contributed by atoms with Crippen LogP contribution in [0, 0.1) is 0 Å². The summed E-state index contributed by atoms with van der Waals surface area (Å²) < 4.78 is 5.17. The number of nitrogens with two attached hydrogens (primary N) is 1. The van der Waals surface area contributed by atoms with Crippen LogP contribution in [-0.4, -0.2) is 5.16 Å². The molecular weight excluding hydrogens is 327 g/mol. The molecule has 21 heavy (non-hydrogen) atoms. The Morgan fingerprint density at radius 2 is 1.86 bits per heavy atom. The summed E-state index contributed by atoms with van der Waals surface area (Å²) in [6.45, 7) is 2.11. The van der Waals surface area contributed by atoms with Crippen LogP contribution in [0.3, 0.4) is 0 Å². The number of aromatic nitrogens is 1. The van der Waals surface area contributed by atoms with Crippen molar-refractivity contribution in [3.63, 3.8) is 0 Å². The summed E-state index contributed by atoms with van der Waals surface area (Å²) in [6, 6.07) is 9.41. The second kappa shape index (κ2) is 5.72. The van der Waals surface area contributed by atoms with Gasteiger partial charge in [-0.15, -0.1) is 11.3 Å². The maximum absolute atomic E-state index is 6.28. The highest BCUT2D eigenvalue weighted by Crippen LogP contribution is 2.44. The van der Waals surface area contributed by atoms with E-state index in [1.165, 1.54) is 4.88 Å². The summed E-state index contributed by atoms with van der Waals surface area (Å²) in [7, 11) is 0. The summed E-state index contributed by atoms with van der Waals surface area (Å²) in [5.41, 5.74) is 7.92. The summed E-state index contributed by atoms with van der Waals surface area (Å²) in [6.07, 6.45) is 0.972. The molecule has 0 atom stereocenters. The lowest BCUT2D eigenvalue weighted by molar-refractivity contribution is 0.439. The van der Waals surface area contributed by atoms with Crippen molar-refractivity contribution < 1.29 is 4.52 Å². The predicted molar refractivity (Wildman–Crippen MR) is 89.1 cm³/mol. The minimum Gasteiger partial charge on any atom is -0.367 e. The molecule has 108 valence electrons. The number of hydrogen-bond donors (Lipinski definition) is 1. The van der Waals surface area contributed by atoms with Gasteiger partial charge in [-0.25, -0.2) is 0 Å². The number of benzene rings is 1. The summed E-state index contributed by atoms with van der Waals surface area (Å²) in [5, 5.41) is 5.12. The maximum Gasteiger partial charge on any atom is 0.230 e. The fraction of sp³-hybridized carbons (Fsp3) is 0.133. The van der Waals surface area contributed by atoms with E-state index in [1.807, 2.05) is 6.07 Å². The normalized spacial score (nSPS) is 11.0. The minimum absolute atomic E-state index is 0.214.